The van der Waals surface area contributed by atoms with Crippen molar-refractivity contribution in [3.63, 3.8) is 0 Å². The van der Waals surface area contributed by atoms with E-state index < -0.39 is 26.5 Å². The number of likely N-dealkylation sites (N-methyl/N-ethyl adjacent to an activating group) is 1. The first kappa shape index (κ1) is 96.7. The Balaban J connectivity index is 3.95. The van der Waals surface area contributed by atoms with Crippen molar-refractivity contribution in [2.45, 2.75) is 405 Å². The monoisotopic (exact) mass is 1420 g/mol. The first-order valence-electron chi connectivity index (χ1n) is 42.6. The van der Waals surface area contributed by atoms with Crippen molar-refractivity contribution in [2.75, 3.05) is 47.5 Å². The van der Waals surface area contributed by atoms with E-state index in [1.165, 1.54) is 263 Å². The summed E-state index contributed by atoms with van der Waals surface area (Å²) in [5.41, 5.74) is 0. The maximum Gasteiger partial charge on any atom is 0.472 e. The number of hydrogen-bond acceptors (Lipinski definition) is 7. The van der Waals surface area contributed by atoms with Crippen LogP contribution in [0.5, 0.6) is 0 Å². The van der Waals surface area contributed by atoms with Crippen molar-refractivity contribution < 1.29 is 42.1 Å². The molecule has 0 heterocycles. The van der Waals surface area contributed by atoms with Gasteiger partial charge in [0.25, 0.3) is 0 Å². The van der Waals surface area contributed by atoms with E-state index in [0.717, 1.165) is 103 Å². The van der Waals surface area contributed by atoms with E-state index >= 15 is 0 Å². The standard InChI is InChI=1S/C90H162NO8P/c1-6-8-10-12-14-16-18-20-22-24-26-28-30-32-34-36-38-40-42-44-45-47-49-51-53-55-57-59-61-63-65-67-69-71-73-75-77-79-81-83-90(93)99-88(87-98-100(94,95)97-85-84-91(3,4)5)86-96-89(92)82-80-78-76-74-72-70-68-66-64-62-60-58-56-54-52-50-48-46-43-41-39-37-35-33-31-29-27-25-23-21-19-17-15-13-11-9-7-2/h8,10,14,16,20,22,26,28,32,34,38,40,44-45,49,51,55,57,88H,6-7,9,11-13,15,17-19,21,23-25,27,29-31,33,35-37,39,41-43,46-48,50,52-54,56,58-87H2,1-5H3/p+1/b10-8-,16-14-,22-20-,28-26-,34-32-,40-38-,45-44-,51-49-,57-55-. The molecular weight excluding hydrogens is 1250 g/mol. The summed E-state index contributed by atoms with van der Waals surface area (Å²) < 4.78 is 34.9. The number of ether oxygens (including phenoxy) is 2. The minimum atomic E-state index is -4.40. The first-order chi connectivity index (χ1) is 49.0. The van der Waals surface area contributed by atoms with Gasteiger partial charge in [-0.25, -0.2) is 4.57 Å². The van der Waals surface area contributed by atoms with E-state index in [0.29, 0.717) is 17.4 Å². The average Bonchev–Trinajstić information content (AvgIpc) is 1.07. The van der Waals surface area contributed by atoms with Crippen LogP contribution in [0, 0.1) is 0 Å². The van der Waals surface area contributed by atoms with Crippen LogP contribution in [-0.4, -0.2) is 74.9 Å². The van der Waals surface area contributed by atoms with E-state index in [-0.39, 0.29) is 32.0 Å². The van der Waals surface area contributed by atoms with E-state index in [4.69, 9.17) is 18.5 Å². The number of unbranched alkanes of at least 4 members (excludes halogenated alkanes) is 47. The highest BCUT2D eigenvalue weighted by Crippen LogP contribution is 2.43. The second kappa shape index (κ2) is 79.8. The molecule has 0 amide bonds. The Kier molecular flexibility index (Phi) is 77.1. The van der Waals surface area contributed by atoms with Gasteiger partial charge < -0.3 is 18.9 Å². The summed E-state index contributed by atoms with van der Waals surface area (Å²) in [4.78, 5) is 36.0. The molecule has 0 rings (SSSR count). The molecule has 0 aromatic heterocycles. The van der Waals surface area contributed by atoms with Crippen molar-refractivity contribution in [2.24, 2.45) is 0 Å². The number of phosphoric acid groups is 1. The van der Waals surface area contributed by atoms with Gasteiger partial charge >= 0.3 is 19.8 Å². The minimum absolute atomic E-state index is 0.0291. The summed E-state index contributed by atoms with van der Waals surface area (Å²) in [5, 5.41) is 0. The Morgan fingerprint density at radius 1 is 0.320 bits per heavy atom. The third-order valence-corrected chi connectivity index (χ3v) is 19.8. The molecule has 0 spiro atoms. The van der Waals surface area contributed by atoms with E-state index in [1.54, 1.807) is 0 Å². The Hall–Kier alpha value is -3.33. The molecule has 100 heavy (non-hydrogen) atoms. The fraction of sp³-hybridized carbons (Fsp3) is 0.778. The SMILES string of the molecule is CC/C=C\C/C=C\C/C=C\C/C=C\C/C=C\C/C=C\C/C=C\C/C=C\C/C=C\CCCCCCCCCCCCCC(=O)OC(COC(=O)CCCCCCCCCCCCCCCCCCCCCCCCCCCCCCCCCCCCCCC)COP(=O)(O)OCC[N+](C)(C)C. The zero-order valence-corrected chi connectivity index (χ0v) is 67.3. The van der Waals surface area contributed by atoms with Gasteiger partial charge in [0.15, 0.2) is 6.10 Å². The molecular formula is C90H163NO8P+. The third kappa shape index (κ3) is 83.6. The number of phosphoric ester groups is 1. The Labute approximate surface area is 620 Å². The normalized spacial score (nSPS) is 13.5. The zero-order chi connectivity index (χ0) is 72.5. The van der Waals surface area contributed by atoms with Gasteiger partial charge in [-0.1, -0.05) is 412 Å². The van der Waals surface area contributed by atoms with Crippen molar-refractivity contribution in [3.05, 3.63) is 109 Å². The van der Waals surface area contributed by atoms with Crippen LogP contribution < -0.4 is 0 Å². The number of nitrogens with zero attached hydrogens (tertiary/aromatic N) is 1. The average molecular weight is 1420 g/mol. The Morgan fingerprint density at radius 3 is 0.850 bits per heavy atom. The lowest BCUT2D eigenvalue weighted by molar-refractivity contribution is -0.870. The Bertz CT molecular complexity index is 2060. The number of allylic oxidation sites excluding steroid dienone is 18. The lowest BCUT2D eigenvalue weighted by Gasteiger charge is -2.24. The van der Waals surface area contributed by atoms with Crippen molar-refractivity contribution in [1.29, 1.82) is 0 Å². The number of carbonyl (C=O) groups excluding carboxylic acids is 2. The predicted molar refractivity (Wildman–Crippen MR) is 436 cm³/mol. The van der Waals surface area contributed by atoms with Crippen LogP contribution in [0.25, 0.3) is 0 Å². The van der Waals surface area contributed by atoms with Gasteiger partial charge in [0.2, 0.25) is 0 Å². The van der Waals surface area contributed by atoms with Gasteiger partial charge in [-0.3, -0.25) is 18.6 Å². The summed E-state index contributed by atoms with van der Waals surface area (Å²) in [6.45, 7) is 4.37. The van der Waals surface area contributed by atoms with Crippen molar-refractivity contribution >= 4 is 19.8 Å². The predicted octanol–water partition coefficient (Wildman–Crippen LogP) is 28.7. The number of quaternary nitrogens is 1. The van der Waals surface area contributed by atoms with Gasteiger partial charge in [0.1, 0.15) is 19.8 Å². The third-order valence-electron chi connectivity index (χ3n) is 18.8. The van der Waals surface area contributed by atoms with Crippen molar-refractivity contribution in [1.82, 2.24) is 0 Å². The second-order valence-corrected chi connectivity index (χ2v) is 31.3. The topological polar surface area (TPSA) is 108 Å². The van der Waals surface area contributed by atoms with Crippen LogP contribution in [0.2, 0.25) is 0 Å². The molecule has 0 fully saturated rings. The summed E-state index contributed by atoms with van der Waals surface area (Å²) in [6, 6.07) is 0. The van der Waals surface area contributed by atoms with Gasteiger partial charge in [0, 0.05) is 12.8 Å². The first-order valence-corrected chi connectivity index (χ1v) is 44.1. The Morgan fingerprint density at radius 2 is 0.570 bits per heavy atom. The lowest BCUT2D eigenvalue weighted by Crippen LogP contribution is -2.37. The van der Waals surface area contributed by atoms with Gasteiger partial charge in [-0.2, -0.15) is 0 Å². The molecule has 2 atom stereocenters. The molecule has 0 saturated carbocycles. The minimum Gasteiger partial charge on any atom is -0.462 e. The van der Waals surface area contributed by atoms with Gasteiger partial charge in [-0.15, -0.1) is 0 Å². The highest BCUT2D eigenvalue weighted by Gasteiger charge is 2.27. The summed E-state index contributed by atoms with van der Waals surface area (Å²) >= 11 is 0. The fourth-order valence-electron chi connectivity index (χ4n) is 12.4. The molecule has 0 aliphatic rings. The van der Waals surface area contributed by atoms with Crippen molar-refractivity contribution in [3.8, 4) is 0 Å². The van der Waals surface area contributed by atoms with Crippen LogP contribution in [0.1, 0.15) is 399 Å². The lowest BCUT2D eigenvalue weighted by atomic mass is 10.0. The molecule has 0 aromatic rings. The summed E-state index contributed by atoms with van der Waals surface area (Å²) in [6.07, 6.45) is 114. The van der Waals surface area contributed by atoms with Gasteiger partial charge in [-0.05, 0) is 83.5 Å². The summed E-state index contributed by atoms with van der Waals surface area (Å²) in [7, 11) is 1.48. The molecule has 2 unspecified atom stereocenters. The molecule has 0 aliphatic carbocycles. The number of carbonyl (C=O) groups is 2. The van der Waals surface area contributed by atoms with Crippen LogP contribution >= 0.6 is 7.82 Å². The van der Waals surface area contributed by atoms with E-state index in [9.17, 15) is 19.0 Å². The van der Waals surface area contributed by atoms with Crippen LogP contribution in [0.15, 0.2) is 109 Å². The molecule has 0 aromatic carbocycles. The molecule has 580 valence electrons. The maximum absolute atomic E-state index is 12.9. The number of rotatable bonds is 79. The quantitative estimate of drug-likeness (QED) is 0.0211. The molecule has 1 N–H and O–H groups in total. The number of esters is 2. The van der Waals surface area contributed by atoms with E-state index in [1.807, 2.05) is 21.1 Å². The highest BCUT2D eigenvalue weighted by molar-refractivity contribution is 7.47. The van der Waals surface area contributed by atoms with Crippen LogP contribution in [-0.2, 0) is 32.7 Å². The molecule has 9 nitrogen and oxygen atoms in total. The summed E-state index contributed by atoms with van der Waals surface area (Å²) in [5.74, 6) is -0.787. The van der Waals surface area contributed by atoms with E-state index in [2.05, 4.69) is 123 Å². The zero-order valence-electron chi connectivity index (χ0n) is 66.4. The highest BCUT2D eigenvalue weighted by atomic mass is 31.2. The van der Waals surface area contributed by atoms with Crippen LogP contribution in [0.4, 0.5) is 0 Å². The fourth-order valence-corrected chi connectivity index (χ4v) is 13.1. The molecule has 0 saturated heterocycles. The van der Waals surface area contributed by atoms with Gasteiger partial charge in [0.05, 0.1) is 27.7 Å². The molecule has 0 radical (unpaired) electrons. The second-order valence-electron chi connectivity index (χ2n) is 29.8. The van der Waals surface area contributed by atoms with Crippen LogP contribution in [0.3, 0.4) is 0 Å². The molecule has 0 bridgehead atoms. The maximum atomic E-state index is 12.9. The smallest absolute Gasteiger partial charge is 0.462 e. The largest absolute Gasteiger partial charge is 0.472 e. The molecule has 0 aliphatic heterocycles. The number of hydrogen-bond donors (Lipinski definition) is 1. The molecule has 10 heteroatoms.